The van der Waals surface area contributed by atoms with Crippen molar-refractivity contribution in [3.8, 4) is 11.4 Å². The van der Waals surface area contributed by atoms with Crippen molar-refractivity contribution in [2.75, 3.05) is 19.6 Å². The molecule has 0 fully saturated rings. The summed E-state index contributed by atoms with van der Waals surface area (Å²) in [7, 11) is 0. The lowest BCUT2D eigenvalue weighted by Crippen LogP contribution is -2.25. The van der Waals surface area contributed by atoms with Gasteiger partial charge in [0.05, 0.1) is 5.39 Å². The number of aromatic nitrogens is 5. The summed E-state index contributed by atoms with van der Waals surface area (Å²) in [6.45, 7) is 13.0. The highest BCUT2D eigenvalue weighted by atomic mass is 79.9. The molecule has 1 aromatic carbocycles. The molecule has 6 nitrogen and oxygen atoms in total. The van der Waals surface area contributed by atoms with E-state index in [9.17, 15) is 0 Å². The van der Waals surface area contributed by atoms with Crippen LogP contribution in [-0.2, 0) is 6.54 Å². The molecule has 0 spiro atoms. The van der Waals surface area contributed by atoms with Crippen molar-refractivity contribution in [2.45, 2.75) is 40.7 Å². The fraction of sp³-hybridized carbons (Fsp3) is 0.409. The summed E-state index contributed by atoms with van der Waals surface area (Å²) in [4.78, 5) is 12.1. The van der Waals surface area contributed by atoms with Gasteiger partial charge in [0.1, 0.15) is 12.0 Å². The molecule has 3 heterocycles. The predicted octanol–water partition coefficient (Wildman–Crippen LogP) is 4.86. The van der Waals surface area contributed by atoms with E-state index < -0.39 is 0 Å². The monoisotopic (exact) mass is 454 g/mol. The van der Waals surface area contributed by atoms with E-state index in [1.165, 1.54) is 11.3 Å². The van der Waals surface area contributed by atoms with E-state index in [1.807, 2.05) is 24.3 Å². The average Bonchev–Trinajstić information content (AvgIpc) is 3.26. The second kappa shape index (κ2) is 8.24. The van der Waals surface area contributed by atoms with Gasteiger partial charge in [0.15, 0.2) is 11.5 Å². The third kappa shape index (κ3) is 3.57. The Morgan fingerprint density at radius 1 is 1.07 bits per heavy atom. The summed E-state index contributed by atoms with van der Waals surface area (Å²) in [5, 5.41) is 5.77. The molecule has 4 rings (SSSR count). The predicted molar refractivity (Wildman–Crippen MR) is 121 cm³/mol. The number of rotatable bonds is 7. The first kappa shape index (κ1) is 20.0. The van der Waals surface area contributed by atoms with Crippen LogP contribution in [0.25, 0.3) is 28.1 Å². The van der Waals surface area contributed by atoms with E-state index in [0.29, 0.717) is 5.82 Å². The number of nitrogens with zero attached hydrogens (tertiary/aromatic N) is 6. The Morgan fingerprint density at radius 3 is 2.55 bits per heavy atom. The van der Waals surface area contributed by atoms with E-state index in [4.69, 9.17) is 9.97 Å². The zero-order valence-electron chi connectivity index (χ0n) is 17.5. The zero-order chi connectivity index (χ0) is 20.5. The molecule has 0 N–H and O–H groups in total. The Morgan fingerprint density at radius 2 is 1.83 bits per heavy atom. The van der Waals surface area contributed by atoms with E-state index in [-0.39, 0.29) is 0 Å². The maximum Gasteiger partial charge on any atom is 0.183 e. The summed E-state index contributed by atoms with van der Waals surface area (Å²) in [6, 6.07) is 8.03. The van der Waals surface area contributed by atoms with Crippen LogP contribution in [-0.4, -0.2) is 48.7 Å². The van der Waals surface area contributed by atoms with Crippen LogP contribution in [0, 0.1) is 13.8 Å². The average molecular weight is 455 g/mol. The van der Waals surface area contributed by atoms with Crippen molar-refractivity contribution in [1.82, 2.24) is 29.0 Å². The van der Waals surface area contributed by atoms with Crippen LogP contribution in [0.3, 0.4) is 0 Å². The number of aryl methyl sites for hydroxylation is 2. The first-order chi connectivity index (χ1) is 14.0. The molecule has 7 heteroatoms. The van der Waals surface area contributed by atoms with E-state index in [1.54, 1.807) is 10.8 Å². The van der Waals surface area contributed by atoms with Crippen LogP contribution in [0.5, 0.6) is 0 Å². The van der Waals surface area contributed by atoms with Crippen molar-refractivity contribution in [1.29, 1.82) is 0 Å². The molecular formula is C22H27BrN6. The molecule has 0 aliphatic carbocycles. The molecule has 3 aromatic heterocycles. The number of halogens is 1. The van der Waals surface area contributed by atoms with Gasteiger partial charge >= 0.3 is 0 Å². The van der Waals surface area contributed by atoms with Gasteiger partial charge in [0.2, 0.25) is 0 Å². The van der Waals surface area contributed by atoms with Gasteiger partial charge in [-0.2, -0.15) is 0 Å². The smallest absolute Gasteiger partial charge is 0.183 e. The Labute approximate surface area is 179 Å². The van der Waals surface area contributed by atoms with Gasteiger partial charge in [-0.15, -0.1) is 5.10 Å². The summed E-state index contributed by atoms with van der Waals surface area (Å²) in [6.07, 6.45) is 2.89. The molecule has 152 valence electrons. The maximum absolute atomic E-state index is 4.88. The van der Waals surface area contributed by atoms with Gasteiger partial charge in [0, 0.05) is 22.3 Å². The van der Waals surface area contributed by atoms with Gasteiger partial charge < -0.3 is 9.47 Å². The quantitative estimate of drug-likeness (QED) is 0.400. The van der Waals surface area contributed by atoms with Crippen molar-refractivity contribution in [2.24, 2.45) is 0 Å². The standard InChI is InChI=1S/C22H27BrN6/c1-5-27(6-2)12-9-13-28-16(4)15(3)19-21(28)24-14-29-22(19)25-20(26-29)17-10-7-8-11-18(17)23/h7-8,10-11,14H,5-6,9,12-13H2,1-4H3. The van der Waals surface area contributed by atoms with Crippen LogP contribution in [0.1, 0.15) is 31.5 Å². The third-order valence-electron chi connectivity index (χ3n) is 5.81. The molecule has 0 saturated heterocycles. The Kier molecular flexibility index (Phi) is 5.69. The normalized spacial score (nSPS) is 11.9. The molecular weight excluding hydrogens is 428 g/mol. The molecule has 29 heavy (non-hydrogen) atoms. The SMILES string of the molecule is CCN(CC)CCCn1c(C)c(C)c2c1ncn1nc(-c3ccccc3Br)nc21. The zero-order valence-corrected chi connectivity index (χ0v) is 19.1. The largest absolute Gasteiger partial charge is 0.329 e. The van der Waals surface area contributed by atoms with Gasteiger partial charge in [-0.05, 0) is 57.6 Å². The molecule has 0 aliphatic rings. The molecule has 0 atom stereocenters. The van der Waals surface area contributed by atoms with Crippen molar-refractivity contribution < 1.29 is 0 Å². The van der Waals surface area contributed by atoms with Crippen LogP contribution in [0.2, 0.25) is 0 Å². The van der Waals surface area contributed by atoms with E-state index in [2.05, 4.69) is 58.2 Å². The van der Waals surface area contributed by atoms with Crippen molar-refractivity contribution in [3.05, 3.63) is 46.3 Å². The molecule has 0 aliphatic heterocycles. The second-order valence-corrected chi connectivity index (χ2v) is 8.22. The number of fused-ring (bicyclic) bond motifs is 3. The number of hydrogen-bond acceptors (Lipinski definition) is 4. The van der Waals surface area contributed by atoms with Crippen LogP contribution in [0.15, 0.2) is 35.1 Å². The molecule has 0 saturated carbocycles. The minimum atomic E-state index is 0.707. The lowest BCUT2D eigenvalue weighted by molar-refractivity contribution is 0.293. The Bertz CT molecular complexity index is 1160. The van der Waals surface area contributed by atoms with Gasteiger partial charge in [-0.1, -0.05) is 41.9 Å². The van der Waals surface area contributed by atoms with Crippen molar-refractivity contribution in [3.63, 3.8) is 0 Å². The molecule has 0 amide bonds. The van der Waals surface area contributed by atoms with Crippen LogP contribution in [0.4, 0.5) is 0 Å². The minimum absolute atomic E-state index is 0.707. The summed E-state index contributed by atoms with van der Waals surface area (Å²) >= 11 is 3.61. The van der Waals surface area contributed by atoms with Gasteiger partial charge in [-0.25, -0.2) is 14.5 Å². The van der Waals surface area contributed by atoms with Gasteiger partial charge in [-0.3, -0.25) is 0 Å². The second-order valence-electron chi connectivity index (χ2n) is 7.37. The molecule has 0 bridgehead atoms. The fourth-order valence-corrected chi connectivity index (χ4v) is 4.42. The minimum Gasteiger partial charge on any atom is -0.329 e. The number of benzene rings is 1. The summed E-state index contributed by atoms with van der Waals surface area (Å²) in [5.41, 5.74) is 5.33. The highest BCUT2D eigenvalue weighted by Gasteiger charge is 2.19. The van der Waals surface area contributed by atoms with E-state index in [0.717, 1.165) is 59.3 Å². The Balaban J connectivity index is 1.76. The maximum atomic E-state index is 4.88. The van der Waals surface area contributed by atoms with Crippen molar-refractivity contribution >= 4 is 32.6 Å². The van der Waals surface area contributed by atoms with Crippen LogP contribution >= 0.6 is 15.9 Å². The first-order valence-corrected chi connectivity index (χ1v) is 11.0. The molecule has 4 aromatic rings. The highest BCUT2D eigenvalue weighted by molar-refractivity contribution is 9.10. The lowest BCUT2D eigenvalue weighted by Gasteiger charge is -2.18. The topological polar surface area (TPSA) is 51.2 Å². The highest BCUT2D eigenvalue weighted by Crippen LogP contribution is 2.30. The summed E-state index contributed by atoms with van der Waals surface area (Å²) in [5.74, 6) is 0.707. The third-order valence-corrected chi connectivity index (χ3v) is 6.50. The number of hydrogen-bond donors (Lipinski definition) is 0. The lowest BCUT2D eigenvalue weighted by atomic mass is 10.2. The molecule has 0 radical (unpaired) electrons. The first-order valence-electron chi connectivity index (χ1n) is 10.2. The van der Waals surface area contributed by atoms with Gasteiger partial charge in [0.25, 0.3) is 0 Å². The molecule has 0 unspecified atom stereocenters. The van der Waals surface area contributed by atoms with Crippen LogP contribution < -0.4 is 0 Å². The summed E-state index contributed by atoms with van der Waals surface area (Å²) < 4.78 is 5.12. The fourth-order valence-electron chi connectivity index (χ4n) is 3.95. The van der Waals surface area contributed by atoms with E-state index >= 15 is 0 Å². The Hall–Kier alpha value is -2.25.